The molecule has 0 aliphatic rings. The van der Waals surface area contributed by atoms with Gasteiger partial charge in [-0.3, -0.25) is 0 Å². The molecule has 0 fully saturated rings. The van der Waals surface area contributed by atoms with Crippen molar-refractivity contribution in [2.75, 3.05) is 13.7 Å². The number of carbonyl (C=O) groups is 1. The van der Waals surface area contributed by atoms with Gasteiger partial charge in [-0.2, -0.15) is 5.10 Å². The third-order valence-corrected chi connectivity index (χ3v) is 2.32. The van der Waals surface area contributed by atoms with Gasteiger partial charge in [0, 0.05) is 10.0 Å². The first-order chi connectivity index (χ1) is 8.17. The highest BCUT2D eigenvalue weighted by Gasteiger charge is 2.01. The van der Waals surface area contributed by atoms with E-state index in [1.165, 1.54) is 6.21 Å². The summed E-state index contributed by atoms with van der Waals surface area (Å²) < 4.78 is 10.7. The summed E-state index contributed by atoms with van der Waals surface area (Å²) >= 11 is 3.34. The molecule has 0 radical (unpaired) electrons. The van der Waals surface area contributed by atoms with Crippen LogP contribution >= 0.6 is 15.9 Å². The summed E-state index contributed by atoms with van der Waals surface area (Å²) in [7, 11) is 1.57. The van der Waals surface area contributed by atoms with Gasteiger partial charge in [-0.15, -0.1) is 0 Å². The third kappa shape index (κ3) is 4.44. The van der Waals surface area contributed by atoms with Crippen molar-refractivity contribution in [1.29, 1.82) is 0 Å². The number of amides is 1. The number of hydrogen-bond donors (Lipinski definition) is 1. The van der Waals surface area contributed by atoms with E-state index in [9.17, 15) is 4.79 Å². The van der Waals surface area contributed by atoms with Crippen LogP contribution in [0.5, 0.6) is 5.75 Å². The van der Waals surface area contributed by atoms with Crippen LogP contribution in [0.3, 0.4) is 0 Å². The Labute approximate surface area is 108 Å². The maximum atomic E-state index is 11.0. The van der Waals surface area contributed by atoms with E-state index in [4.69, 9.17) is 4.74 Å². The zero-order valence-electron chi connectivity index (χ0n) is 9.57. The zero-order valence-corrected chi connectivity index (χ0v) is 11.2. The molecule has 0 atom stereocenters. The number of nitrogens with zero attached hydrogens (tertiary/aromatic N) is 1. The Kier molecular flexibility index (Phi) is 5.48. The molecular weight excluding hydrogens is 288 g/mol. The van der Waals surface area contributed by atoms with E-state index in [0.717, 1.165) is 10.0 Å². The number of ether oxygens (including phenoxy) is 2. The molecule has 0 aliphatic carbocycles. The van der Waals surface area contributed by atoms with E-state index in [0.29, 0.717) is 12.4 Å². The molecule has 0 saturated heterocycles. The number of rotatable bonds is 4. The van der Waals surface area contributed by atoms with Crippen LogP contribution in [0.15, 0.2) is 27.8 Å². The Balaban J connectivity index is 2.70. The second kappa shape index (κ2) is 6.90. The molecule has 0 aliphatic heterocycles. The molecular formula is C11H13BrN2O3. The van der Waals surface area contributed by atoms with Crippen LogP contribution in [0.2, 0.25) is 0 Å². The second-order valence-corrected chi connectivity index (χ2v) is 3.89. The van der Waals surface area contributed by atoms with Gasteiger partial charge in [-0.1, -0.05) is 15.9 Å². The number of hydrogen-bond acceptors (Lipinski definition) is 4. The zero-order chi connectivity index (χ0) is 12.7. The van der Waals surface area contributed by atoms with Crippen LogP contribution in [0.1, 0.15) is 12.5 Å². The second-order valence-electron chi connectivity index (χ2n) is 2.98. The number of nitrogens with one attached hydrogen (secondary N) is 1. The van der Waals surface area contributed by atoms with E-state index in [-0.39, 0.29) is 0 Å². The molecule has 1 rings (SSSR count). The van der Waals surface area contributed by atoms with E-state index in [1.807, 2.05) is 12.1 Å². The van der Waals surface area contributed by atoms with Gasteiger partial charge in [-0.05, 0) is 25.1 Å². The average molecular weight is 301 g/mol. The van der Waals surface area contributed by atoms with Crippen molar-refractivity contribution in [2.24, 2.45) is 5.10 Å². The van der Waals surface area contributed by atoms with Crippen molar-refractivity contribution in [3.05, 3.63) is 28.2 Å². The molecule has 0 bridgehead atoms. The Morgan fingerprint density at radius 1 is 1.59 bits per heavy atom. The van der Waals surface area contributed by atoms with E-state index < -0.39 is 6.09 Å². The maximum Gasteiger partial charge on any atom is 0.427 e. The summed E-state index contributed by atoms with van der Waals surface area (Å²) in [5.74, 6) is 0.669. The molecule has 17 heavy (non-hydrogen) atoms. The molecule has 1 N–H and O–H groups in total. The quantitative estimate of drug-likeness (QED) is 0.686. The van der Waals surface area contributed by atoms with Crippen molar-refractivity contribution in [2.45, 2.75) is 6.92 Å². The third-order valence-electron chi connectivity index (χ3n) is 1.83. The normalized spacial score (nSPS) is 10.3. The summed E-state index contributed by atoms with van der Waals surface area (Å²) in [6.07, 6.45) is 0.901. The molecule has 5 nitrogen and oxygen atoms in total. The van der Waals surface area contributed by atoms with Crippen LogP contribution in [-0.2, 0) is 4.74 Å². The van der Waals surface area contributed by atoms with Gasteiger partial charge >= 0.3 is 6.09 Å². The van der Waals surface area contributed by atoms with E-state index >= 15 is 0 Å². The Morgan fingerprint density at radius 3 is 3.00 bits per heavy atom. The summed E-state index contributed by atoms with van der Waals surface area (Å²) in [6.45, 7) is 2.03. The summed E-state index contributed by atoms with van der Waals surface area (Å²) in [6, 6.07) is 5.49. The van der Waals surface area contributed by atoms with Gasteiger partial charge in [0.05, 0.1) is 19.9 Å². The molecule has 0 aromatic heterocycles. The minimum Gasteiger partial charge on any atom is -0.496 e. The number of benzene rings is 1. The number of methoxy groups -OCH3 is 1. The average Bonchev–Trinajstić information content (AvgIpc) is 2.30. The van der Waals surface area contributed by atoms with Crippen LogP contribution in [0.25, 0.3) is 0 Å². The van der Waals surface area contributed by atoms with Gasteiger partial charge in [0.2, 0.25) is 0 Å². The van der Waals surface area contributed by atoms with Crippen LogP contribution in [0, 0.1) is 0 Å². The van der Waals surface area contributed by atoms with E-state index in [2.05, 4.69) is 31.2 Å². The van der Waals surface area contributed by atoms with Gasteiger partial charge in [-0.25, -0.2) is 10.2 Å². The smallest absolute Gasteiger partial charge is 0.427 e. The fraction of sp³-hybridized carbons (Fsp3) is 0.273. The lowest BCUT2D eigenvalue weighted by Gasteiger charge is -2.04. The Morgan fingerprint density at radius 2 is 2.35 bits per heavy atom. The predicted octanol–water partition coefficient (Wildman–Crippen LogP) is 2.54. The Hall–Kier alpha value is -1.56. The van der Waals surface area contributed by atoms with Gasteiger partial charge < -0.3 is 9.47 Å². The largest absolute Gasteiger partial charge is 0.496 e. The fourth-order valence-corrected chi connectivity index (χ4v) is 1.50. The molecule has 1 amide bonds. The highest BCUT2D eigenvalue weighted by Crippen LogP contribution is 2.21. The summed E-state index contributed by atoms with van der Waals surface area (Å²) in [4.78, 5) is 11.0. The monoisotopic (exact) mass is 300 g/mol. The first-order valence-electron chi connectivity index (χ1n) is 4.96. The SMILES string of the molecule is CCOC(=O)NN=Cc1cc(Br)ccc1OC. The van der Waals surface area contributed by atoms with E-state index in [1.54, 1.807) is 20.1 Å². The topological polar surface area (TPSA) is 59.9 Å². The van der Waals surface area contributed by atoms with Gasteiger partial charge in [0.1, 0.15) is 5.75 Å². The lowest BCUT2D eigenvalue weighted by molar-refractivity contribution is 0.152. The molecule has 92 valence electrons. The van der Waals surface area contributed by atoms with Crippen LogP contribution < -0.4 is 10.2 Å². The highest BCUT2D eigenvalue weighted by atomic mass is 79.9. The number of carbonyl (C=O) groups excluding carboxylic acids is 1. The molecule has 0 spiro atoms. The lowest BCUT2D eigenvalue weighted by atomic mass is 10.2. The standard InChI is InChI=1S/C11H13BrN2O3/c1-3-17-11(15)14-13-7-8-6-9(12)4-5-10(8)16-2/h4-7H,3H2,1-2H3,(H,14,15). The summed E-state index contributed by atoms with van der Waals surface area (Å²) in [5, 5.41) is 3.76. The first-order valence-corrected chi connectivity index (χ1v) is 5.76. The van der Waals surface area contributed by atoms with Crippen molar-refractivity contribution < 1.29 is 14.3 Å². The van der Waals surface area contributed by atoms with Crippen LogP contribution in [0.4, 0.5) is 4.79 Å². The van der Waals surface area contributed by atoms with Crippen molar-refractivity contribution in [1.82, 2.24) is 5.43 Å². The van der Waals surface area contributed by atoms with Crippen molar-refractivity contribution in [3.8, 4) is 5.75 Å². The van der Waals surface area contributed by atoms with Crippen LogP contribution in [-0.4, -0.2) is 26.0 Å². The number of halogens is 1. The minimum atomic E-state index is -0.585. The highest BCUT2D eigenvalue weighted by molar-refractivity contribution is 9.10. The van der Waals surface area contributed by atoms with Crippen molar-refractivity contribution in [3.63, 3.8) is 0 Å². The molecule has 0 heterocycles. The van der Waals surface area contributed by atoms with Crippen molar-refractivity contribution >= 4 is 28.2 Å². The first kappa shape index (κ1) is 13.5. The molecule has 6 heteroatoms. The molecule has 1 aromatic carbocycles. The lowest BCUT2D eigenvalue weighted by Crippen LogP contribution is -2.18. The Bertz CT molecular complexity index is 421. The predicted molar refractivity (Wildman–Crippen MR) is 68.4 cm³/mol. The molecule has 1 aromatic rings. The van der Waals surface area contributed by atoms with Gasteiger partial charge in [0.25, 0.3) is 0 Å². The molecule has 0 unspecified atom stereocenters. The summed E-state index contributed by atoms with van der Waals surface area (Å²) in [5.41, 5.74) is 2.99. The number of hydrazone groups is 1. The fourth-order valence-electron chi connectivity index (χ4n) is 1.12. The molecule has 0 saturated carbocycles. The maximum absolute atomic E-state index is 11.0. The van der Waals surface area contributed by atoms with Gasteiger partial charge in [0.15, 0.2) is 0 Å². The minimum absolute atomic E-state index is 0.307.